The van der Waals surface area contributed by atoms with Gasteiger partial charge in [-0.1, -0.05) is 0 Å². The van der Waals surface area contributed by atoms with Crippen LogP contribution in [0, 0.1) is 0 Å². The van der Waals surface area contributed by atoms with Crippen molar-refractivity contribution in [2.75, 3.05) is 13.7 Å². The number of ether oxygens (including phenoxy) is 1. The molecule has 19 heavy (non-hydrogen) atoms. The molecule has 0 fully saturated rings. The molecule has 0 aliphatic heterocycles. The second kappa shape index (κ2) is 6.10. The van der Waals surface area contributed by atoms with Crippen LogP contribution in [0.5, 0.6) is 5.75 Å². The molecule has 5 nitrogen and oxygen atoms in total. The number of aromatic nitrogens is 2. The highest BCUT2D eigenvalue weighted by molar-refractivity contribution is 9.10. The minimum absolute atomic E-state index is 0.185. The molecule has 0 spiro atoms. The van der Waals surface area contributed by atoms with E-state index in [4.69, 9.17) is 15.6 Å². The van der Waals surface area contributed by atoms with Crippen LogP contribution in [-0.2, 0) is 0 Å². The Balaban J connectivity index is 2.39. The van der Waals surface area contributed by atoms with E-state index in [0.717, 1.165) is 21.5 Å². The summed E-state index contributed by atoms with van der Waals surface area (Å²) in [5.41, 5.74) is 7.38. The zero-order chi connectivity index (χ0) is 13.8. The molecule has 0 aliphatic rings. The van der Waals surface area contributed by atoms with E-state index in [1.54, 1.807) is 19.4 Å². The van der Waals surface area contributed by atoms with Crippen molar-refractivity contribution in [1.29, 1.82) is 0 Å². The van der Waals surface area contributed by atoms with Crippen molar-refractivity contribution in [1.82, 2.24) is 9.97 Å². The molecule has 6 heteroatoms. The second-order valence-electron chi connectivity index (χ2n) is 3.94. The molecular weight excluding hydrogens is 310 g/mol. The molecule has 2 rings (SSSR count). The maximum atomic E-state index is 9.03. The van der Waals surface area contributed by atoms with Gasteiger partial charge in [-0.25, -0.2) is 9.97 Å². The first kappa shape index (κ1) is 13.9. The van der Waals surface area contributed by atoms with Crippen LogP contribution < -0.4 is 10.5 Å². The minimum atomic E-state index is -0.568. The van der Waals surface area contributed by atoms with Gasteiger partial charge < -0.3 is 15.6 Å². The number of nitrogens with zero attached hydrogens (tertiary/aromatic N) is 2. The van der Waals surface area contributed by atoms with Crippen molar-refractivity contribution in [2.45, 2.75) is 6.04 Å². The summed E-state index contributed by atoms with van der Waals surface area (Å²) >= 11 is 3.43. The smallest absolute Gasteiger partial charge is 0.147 e. The van der Waals surface area contributed by atoms with Gasteiger partial charge in [-0.15, -0.1) is 0 Å². The van der Waals surface area contributed by atoms with Crippen LogP contribution in [0.2, 0.25) is 0 Å². The monoisotopic (exact) mass is 323 g/mol. The average Bonchev–Trinajstić information content (AvgIpc) is 2.46. The summed E-state index contributed by atoms with van der Waals surface area (Å²) in [4.78, 5) is 8.41. The number of halogens is 1. The Hall–Kier alpha value is -1.50. The van der Waals surface area contributed by atoms with Crippen LogP contribution in [0.1, 0.15) is 11.9 Å². The fourth-order valence-corrected chi connectivity index (χ4v) is 2.16. The van der Waals surface area contributed by atoms with Crippen LogP contribution in [-0.4, -0.2) is 28.8 Å². The van der Waals surface area contributed by atoms with E-state index >= 15 is 0 Å². The standard InChI is InChI=1S/C13H14BrN3O2/c1-19-12-3-2-8(6-9(12)14)11-4-5-16-13(17-11)10(15)7-18/h2-6,10,18H,7,15H2,1H3. The molecule has 100 valence electrons. The van der Waals surface area contributed by atoms with Gasteiger partial charge in [-0.2, -0.15) is 0 Å². The number of benzene rings is 1. The molecule has 0 saturated heterocycles. The fourth-order valence-electron chi connectivity index (χ4n) is 1.62. The van der Waals surface area contributed by atoms with Crippen LogP contribution in [0.3, 0.4) is 0 Å². The number of nitrogens with two attached hydrogens (primary N) is 1. The number of hydrogen-bond donors (Lipinski definition) is 2. The molecule has 0 aliphatic carbocycles. The lowest BCUT2D eigenvalue weighted by Gasteiger charge is -2.09. The summed E-state index contributed by atoms with van der Waals surface area (Å²) in [5, 5.41) is 9.03. The molecule has 1 aromatic heterocycles. The maximum Gasteiger partial charge on any atom is 0.147 e. The van der Waals surface area contributed by atoms with Crippen LogP contribution in [0.15, 0.2) is 34.9 Å². The van der Waals surface area contributed by atoms with Gasteiger partial charge in [0.25, 0.3) is 0 Å². The highest BCUT2D eigenvalue weighted by Gasteiger charge is 2.10. The van der Waals surface area contributed by atoms with Crippen LogP contribution >= 0.6 is 15.9 Å². The first-order valence-corrected chi connectivity index (χ1v) is 6.48. The van der Waals surface area contributed by atoms with E-state index in [9.17, 15) is 0 Å². The van der Waals surface area contributed by atoms with Crippen LogP contribution in [0.25, 0.3) is 11.3 Å². The predicted octanol–water partition coefficient (Wildman–Crippen LogP) is 1.91. The van der Waals surface area contributed by atoms with Gasteiger partial charge in [0, 0.05) is 11.8 Å². The van der Waals surface area contributed by atoms with Gasteiger partial charge in [0.05, 0.1) is 29.9 Å². The largest absolute Gasteiger partial charge is 0.496 e. The number of methoxy groups -OCH3 is 1. The van der Waals surface area contributed by atoms with Crippen molar-refractivity contribution in [2.24, 2.45) is 5.73 Å². The Morgan fingerprint density at radius 3 is 2.84 bits per heavy atom. The molecule has 1 atom stereocenters. The van der Waals surface area contributed by atoms with Crippen molar-refractivity contribution in [3.8, 4) is 17.0 Å². The van der Waals surface area contributed by atoms with Crippen molar-refractivity contribution in [3.63, 3.8) is 0 Å². The lowest BCUT2D eigenvalue weighted by Crippen LogP contribution is -2.17. The molecule has 0 radical (unpaired) electrons. The van der Waals surface area contributed by atoms with Crippen LogP contribution in [0.4, 0.5) is 0 Å². The SMILES string of the molecule is COc1ccc(-c2ccnc(C(N)CO)n2)cc1Br. The van der Waals surface area contributed by atoms with Gasteiger partial charge in [-0.3, -0.25) is 0 Å². The van der Waals surface area contributed by atoms with E-state index in [2.05, 4.69) is 25.9 Å². The zero-order valence-electron chi connectivity index (χ0n) is 10.4. The lowest BCUT2D eigenvalue weighted by atomic mass is 10.1. The molecule has 0 amide bonds. The van der Waals surface area contributed by atoms with E-state index in [1.807, 2.05) is 18.2 Å². The van der Waals surface area contributed by atoms with Gasteiger partial charge in [0.15, 0.2) is 0 Å². The summed E-state index contributed by atoms with van der Waals surface area (Å²) in [6.07, 6.45) is 1.63. The summed E-state index contributed by atoms with van der Waals surface area (Å²) in [6.45, 7) is -0.185. The highest BCUT2D eigenvalue weighted by atomic mass is 79.9. The van der Waals surface area contributed by atoms with E-state index < -0.39 is 6.04 Å². The second-order valence-corrected chi connectivity index (χ2v) is 4.79. The lowest BCUT2D eigenvalue weighted by molar-refractivity contribution is 0.263. The third-order valence-corrected chi connectivity index (χ3v) is 3.27. The summed E-state index contributed by atoms with van der Waals surface area (Å²) in [5.74, 6) is 1.18. The minimum Gasteiger partial charge on any atom is -0.496 e. The first-order chi connectivity index (χ1) is 9.15. The number of rotatable bonds is 4. The van der Waals surface area contributed by atoms with Crippen molar-refractivity contribution in [3.05, 3.63) is 40.8 Å². The zero-order valence-corrected chi connectivity index (χ0v) is 12.0. The Labute approximate surface area is 119 Å². The van der Waals surface area contributed by atoms with Gasteiger partial charge in [0.2, 0.25) is 0 Å². The summed E-state index contributed by atoms with van der Waals surface area (Å²) in [6, 6.07) is 6.89. The number of aliphatic hydroxyl groups excluding tert-OH is 1. The molecule has 0 bridgehead atoms. The molecule has 1 heterocycles. The molecule has 1 unspecified atom stereocenters. The maximum absolute atomic E-state index is 9.03. The summed E-state index contributed by atoms with van der Waals surface area (Å²) in [7, 11) is 1.61. The molecular formula is C13H14BrN3O2. The van der Waals surface area contributed by atoms with Crippen molar-refractivity contribution >= 4 is 15.9 Å². The Morgan fingerprint density at radius 1 is 1.42 bits per heavy atom. The fraction of sp³-hybridized carbons (Fsp3) is 0.231. The third kappa shape index (κ3) is 3.09. The molecule has 1 aromatic carbocycles. The summed E-state index contributed by atoms with van der Waals surface area (Å²) < 4.78 is 6.03. The number of aliphatic hydroxyl groups is 1. The quantitative estimate of drug-likeness (QED) is 0.898. The Kier molecular flexibility index (Phi) is 4.47. The Bertz CT molecular complexity index is 578. The molecule has 3 N–H and O–H groups in total. The van der Waals surface area contributed by atoms with Gasteiger partial charge in [0.1, 0.15) is 11.6 Å². The normalized spacial score (nSPS) is 12.2. The number of hydrogen-bond acceptors (Lipinski definition) is 5. The first-order valence-electron chi connectivity index (χ1n) is 5.69. The highest BCUT2D eigenvalue weighted by Crippen LogP contribution is 2.29. The van der Waals surface area contributed by atoms with Crippen molar-refractivity contribution < 1.29 is 9.84 Å². The molecule has 2 aromatic rings. The van der Waals surface area contributed by atoms with Gasteiger partial charge >= 0.3 is 0 Å². The van der Waals surface area contributed by atoms with Gasteiger partial charge in [-0.05, 0) is 40.2 Å². The topological polar surface area (TPSA) is 81.3 Å². The van der Waals surface area contributed by atoms with E-state index in [0.29, 0.717) is 5.82 Å². The third-order valence-electron chi connectivity index (χ3n) is 2.65. The average molecular weight is 324 g/mol. The predicted molar refractivity (Wildman–Crippen MR) is 75.7 cm³/mol. The van der Waals surface area contributed by atoms with E-state index in [1.165, 1.54) is 0 Å². The molecule has 0 saturated carbocycles. The Morgan fingerprint density at radius 2 is 2.21 bits per heavy atom. The van der Waals surface area contributed by atoms with E-state index in [-0.39, 0.29) is 6.61 Å².